The first-order chi connectivity index (χ1) is 18.3. The van der Waals surface area contributed by atoms with Gasteiger partial charge in [-0.1, -0.05) is 57.4 Å². The fraction of sp³-hybridized carbons (Fsp3) is 0.517. The molecule has 0 bridgehead atoms. The van der Waals surface area contributed by atoms with Crippen molar-refractivity contribution in [3.8, 4) is 0 Å². The summed E-state index contributed by atoms with van der Waals surface area (Å²) in [5.41, 5.74) is 2.58. The minimum absolute atomic E-state index is 0.0397. The van der Waals surface area contributed by atoms with Crippen molar-refractivity contribution in [1.29, 1.82) is 0 Å². The first-order valence-corrected chi connectivity index (χ1v) is 16.1. The Morgan fingerprint density at radius 2 is 1.66 bits per heavy atom. The third-order valence-electron chi connectivity index (χ3n) is 7.73. The fourth-order valence-corrected chi connectivity index (χ4v) is 7.56. The molecule has 7 nitrogen and oxygen atoms in total. The molecule has 9 heteroatoms. The lowest BCUT2D eigenvalue weighted by Gasteiger charge is -2.30. The number of rotatable bonds is 11. The van der Waals surface area contributed by atoms with Crippen LogP contribution in [0.4, 0.5) is 5.13 Å². The molecule has 1 aliphatic carbocycles. The predicted molar refractivity (Wildman–Crippen MR) is 157 cm³/mol. The molecule has 38 heavy (non-hydrogen) atoms. The number of hydrogen-bond donors (Lipinski definition) is 0. The Hall–Kier alpha value is -2.33. The van der Waals surface area contributed by atoms with Crippen LogP contribution in [0.2, 0.25) is 0 Å². The molecule has 0 aliphatic heterocycles. The maximum Gasteiger partial charge on any atom is 0.260 e. The van der Waals surface area contributed by atoms with Crippen molar-refractivity contribution in [3.05, 3.63) is 53.6 Å². The highest BCUT2D eigenvalue weighted by atomic mass is 32.2. The Bertz CT molecular complexity index is 1330. The molecular weight excluding hydrogens is 516 g/mol. The van der Waals surface area contributed by atoms with Crippen LogP contribution in [0.15, 0.2) is 47.4 Å². The van der Waals surface area contributed by atoms with E-state index in [9.17, 15) is 13.2 Å². The SMILES string of the molecule is CCc1ccc2nc(N(CCN(CC)CC)C(=O)c3ccc(S(=O)(=O)N(C)C4CCCCC4)cc3)sc2c1. The van der Waals surface area contributed by atoms with Crippen LogP contribution < -0.4 is 4.90 Å². The topological polar surface area (TPSA) is 73.8 Å². The molecule has 1 fully saturated rings. The van der Waals surface area contributed by atoms with Gasteiger partial charge in [-0.3, -0.25) is 9.69 Å². The highest BCUT2D eigenvalue weighted by Gasteiger charge is 2.29. The first kappa shape index (κ1) is 28.7. The number of carbonyl (C=O) groups is 1. The molecule has 0 spiro atoms. The van der Waals surface area contributed by atoms with E-state index in [0.717, 1.165) is 62.0 Å². The van der Waals surface area contributed by atoms with Gasteiger partial charge in [0.05, 0.1) is 15.1 Å². The Morgan fingerprint density at radius 1 is 0.974 bits per heavy atom. The second kappa shape index (κ2) is 12.7. The van der Waals surface area contributed by atoms with Gasteiger partial charge in [0.15, 0.2) is 5.13 Å². The highest BCUT2D eigenvalue weighted by molar-refractivity contribution is 7.89. The minimum atomic E-state index is -3.61. The monoisotopic (exact) mass is 556 g/mol. The molecule has 1 heterocycles. The number of fused-ring (bicyclic) bond motifs is 1. The zero-order valence-electron chi connectivity index (χ0n) is 23.0. The van der Waals surface area contributed by atoms with Gasteiger partial charge >= 0.3 is 0 Å². The van der Waals surface area contributed by atoms with Gasteiger partial charge in [-0.2, -0.15) is 4.31 Å². The van der Waals surface area contributed by atoms with E-state index in [1.54, 1.807) is 36.2 Å². The number of benzene rings is 2. The second-order valence-electron chi connectivity index (χ2n) is 9.97. The largest absolute Gasteiger partial charge is 0.302 e. The van der Waals surface area contributed by atoms with Crippen molar-refractivity contribution in [2.45, 2.75) is 70.2 Å². The van der Waals surface area contributed by atoms with E-state index in [2.05, 4.69) is 37.8 Å². The summed E-state index contributed by atoms with van der Waals surface area (Å²) in [4.78, 5) is 22.8. The van der Waals surface area contributed by atoms with E-state index in [1.165, 1.54) is 27.6 Å². The van der Waals surface area contributed by atoms with Gasteiger partial charge in [0.25, 0.3) is 5.91 Å². The normalized spacial score (nSPS) is 15.0. The van der Waals surface area contributed by atoms with Gasteiger partial charge < -0.3 is 4.90 Å². The molecule has 2 aromatic carbocycles. The van der Waals surface area contributed by atoms with Crippen molar-refractivity contribution in [2.75, 3.05) is 38.1 Å². The summed E-state index contributed by atoms with van der Waals surface area (Å²) in [6.07, 6.45) is 6.03. The number of sulfonamides is 1. The Labute approximate surface area is 231 Å². The van der Waals surface area contributed by atoms with Gasteiger partial charge in [0.2, 0.25) is 10.0 Å². The van der Waals surface area contributed by atoms with Crippen LogP contribution in [0.3, 0.4) is 0 Å². The highest BCUT2D eigenvalue weighted by Crippen LogP contribution is 2.31. The number of anilines is 1. The summed E-state index contributed by atoms with van der Waals surface area (Å²) in [7, 11) is -1.94. The van der Waals surface area contributed by atoms with E-state index >= 15 is 0 Å². The van der Waals surface area contributed by atoms with Gasteiger partial charge in [-0.05, 0) is 74.3 Å². The maximum atomic E-state index is 13.8. The molecule has 1 amide bonds. The summed E-state index contributed by atoms with van der Waals surface area (Å²) >= 11 is 1.52. The zero-order valence-corrected chi connectivity index (χ0v) is 24.7. The minimum Gasteiger partial charge on any atom is -0.302 e. The van der Waals surface area contributed by atoms with Crippen molar-refractivity contribution >= 4 is 42.6 Å². The zero-order chi connectivity index (χ0) is 27.3. The van der Waals surface area contributed by atoms with Crippen molar-refractivity contribution < 1.29 is 13.2 Å². The number of aryl methyl sites for hydroxylation is 1. The molecule has 0 unspecified atom stereocenters. The van der Waals surface area contributed by atoms with Crippen LogP contribution in [0.1, 0.15) is 68.8 Å². The standard InChI is InChI=1S/C29H40N4O3S2/c1-5-22-13-18-26-27(21-22)37-29(30-26)33(20-19-32(6-2)7-3)28(34)23-14-16-25(17-15-23)38(35,36)31(4)24-11-9-8-10-12-24/h13-18,21,24H,5-12,19-20H2,1-4H3. The maximum absolute atomic E-state index is 13.8. The third-order valence-corrected chi connectivity index (χ3v) is 10.7. The number of likely N-dealkylation sites (N-methyl/N-ethyl adjacent to an activating group) is 1. The second-order valence-corrected chi connectivity index (χ2v) is 13.0. The molecule has 1 aromatic heterocycles. The summed E-state index contributed by atoms with van der Waals surface area (Å²) in [5, 5.41) is 0.666. The number of amides is 1. The molecule has 0 radical (unpaired) electrons. The van der Waals surface area contributed by atoms with E-state index in [-0.39, 0.29) is 16.8 Å². The van der Waals surface area contributed by atoms with E-state index in [0.29, 0.717) is 17.2 Å². The fourth-order valence-electron chi connectivity index (χ4n) is 5.09. The van der Waals surface area contributed by atoms with Gasteiger partial charge in [-0.15, -0.1) is 0 Å². The molecular formula is C29H40N4O3S2. The summed E-state index contributed by atoms with van der Waals surface area (Å²) < 4.78 is 29.1. The summed E-state index contributed by atoms with van der Waals surface area (Å²) in [6, 6.07) is 12.7. The van der Waals surface area contributed by atoms with Crippen molar-refractivity contribution in [2.24, 2.45) is 0 Å². The smallest absolute Gasteiger partial charge is 0.260 e. The Kier molecular flexibility index (Phi) is 9.57. The molecule has 0 saturated heterocycles. The van der Waals surface area contributed by atoms with Crippen molar-refractivity contribution in [3.63, 3.8) is 0 Å². The summed E-state index contributed by atoms with van der Waals surface area (Å²) in [5.74, 6) is -0.170. The number of aromatic nitrogens is 1. The van der Waals surface area contributed by atoms with Crippen LogP contribution in [0.5, 0.6) is 0 Å². The third kappa shape index (κ3) is 6.28. The quantitative estimate of drug-likeness (QED) is 0.298. The van der Waals surface area contributed by atoms with E-state index < -0.39 is 10.0 Å². The average molecular weight is 557 g/mol. The van der Waals surface area contributed by atoms with E-state index in [1.807, 2.05) is 6.07 Å². The molecule has 1 aliphatic rings. The van der Waals surface area contributed by atoms with Crippen LogP contribution in [0, 0.1) is 0 Å². The predicted octanol–water partition coefficient (Wildman–Crippen LogP) is 5.80. The lowest BCUT2D eigenvalue weighted by Crippen LogP contribution is -2.39. The first-order valence-electron chi connectivity index (χ1n) is 13.8. The molecule has 206 valence electrons. The average Bonchev–Trinajstić information content (AvgIpc) is 3.38. The Morgan fingerprint density at radius 3 is 2.29 bits per heavy atom. The van der Waals surface area contributed by atoms with E-state index in [4.69, 9.17) is 4.98 Å². The van der Waals surface area contributed by atoms with Crippen LogP contribution in [-0.2, 0) is 16.4 Å². The van der Waals surface area contributed by atoms with Gasteiger partial charge in [0.1, 0.15) is 0 Å². The molecule has 0 atom stereocenters. The van der Waals surface area contributed by atoms with Crippen LogP contribution in [0.25, 0.3) is 10.2 Å². The van der Waals surface area contributed by atoms with Crippen LogP contribution in [-0.4, -0.2) is 67.8 Å². The van der Waals surface area contributed by atoms with Gasteiger partial charge in [-0.25, -0.2) is 13.4 Å². The molecule has 4 rings (SSSR count). The number of thiazole rings is 1. The summed E-state index contributed by atoms with van der Waals surface area (Å²) in [6.45, 7) is 9.39. The number of carbonyl (C=O) groups excluding carboxylic acids is 1. The molecule has 3 aromatic rings. The molecule has 1 saturated carbocycles. The lowest BCUT2D eigenvalue weighted by atomic mass is 9.96. The lowest BCUT2D eigenvalue weighted by molar-refractivity contribution is 0.0983. The van der Waals surface area contributed by atoms with Gasteiger partial charge in [0, 0.05) is 31.7 Å². The molecule has 0 N–H and O–H groups in total. The van der Waals surface area contributed by atoms with Crippen molar-refractivity contribution in [1.82, 2.24) is 14.2 Å². The number of nitrogens with zero attached hydrogens (tertiary/aromatic N) is 4. The Balaban J connectivity index is 1.60. The number of hydrogen-bond acceptors (Lipinski definition) is 6. The van der Waals surface area contributed by atoms with Crippen LogP contribution >= 0.6 is 11.3 Å².